The van der Waals surface area contributed by atoms with Crippen LogP contribution in [0.3, 0.4) is 0 Å². The summed E-state index contributed by atoms with van der Waals surface area (Å²) in [7, 11) is 0. The van der Waals surface area contributed by atoms with Crippen LogP contribution in [0, 0.1) is 5.92 Å². The quantitative estimate of drug-likeness (QED) is 0.763. The maximum atomic E-state index is 10.4. The molecule has 3 nitrogen and oxygen atoms in total. The summed E-state index contributed by atoms with van der Waals surface area (Å²) in [6, 6.07) is 0. The van der Waals surface area contributed by atoms with Gasteiger partial charge in [0, 0.05) is 19.8 Å². The van der Waals surface area contributed by atoms with E-state index in [9.17, 15) is 5.11 Å². The zero-order valence-electron chi connectivity index (χ0n) is 12.1. The molecule has 0 bridgehead atoms. The molecule has 19 heavy (non-hydrogen) atoms. The van der Waals surface area contributed by atoms with Gasteiger partial charge in [0.25, 0.3) is 0 Å². The zero-order valence-corrected chi connectivity index (χ0v) is 12.9. The number of thioether (sulfide) groups is 1. The monoisotopic (exact) mass is 288 g/mol. The largest absolute Gasteiger partial charge is 0.393 e. The van der Waals surface area contributed by atoms with Crippen LogP contribution in [-0.2, 0) is 9.47 Å². The first-order chi connectivity index (χ1) is 9.26. The Labute approximate surface area is 121 Å². The summed E-state index contributed by atoms with van der Waals surface area (Å²) < 4.78 is 11.4. The predicted octanol–water partition coefficient (Wildman–Crippen LogP) is 2.86. The minimum atomic E-state index is -0.171. The maximum absolute atomic E-state index is 10.4. The van der Waals surface area contributed by atoms with Gasteiger partial charge in [0.15, 0.2) is 0 Å². The Balaban J connectivity index is 1.76. The van der Waals surface area contributed by atoms with Gasteiger partial charge in [0.1, 0.15) is 0 Å². The molecule has 0 aromatic rings. The van der Waals surface area contributed by atoms with E-state index in [0.717, 1.165) is 45.5 Å². The molecule has 2 aliphatic heterocycles. The Hall–Kier alpha value is 0.230. The van der Waals surface area contributed by atoms with E-state index in [1.165, 1.54) is 24.3 Å². The van der Waals surface area contributed by atoms with Crippen LogP contribution in [0.1, 0.15) is 45.4 Å². The van der Waals surface area contributed by atoms with Crippen molar-refractivity contribution in [3.05, 3.63) is 0 Å². The van der Waals surface area contributed by atoms with E-state index < -0.39 is 0 Å². The van der Waals surface area contributed by atoms with Crippen LogP contribution < -0.4 is 0 Å². The second kappa shape index (κ2) is 7.87. The maximum Gasteiger partial charge on any atom is 0.0701 e. The molecule has 0 aliphatic carbocycles. The second-order valence-corrected chi connectivity index (χ2v) is 7.03. The standard InChI is InChI=1S/C15H28O3S/c1-2-17-8-3-4-14(16)13-5-9-18-15(12-13)6-10-19-11-7-15/h13-14,16H,2-12H2,1H3. The van der Waals surface area contributed by atoms with E-state index in [1.807, 2.05) is 18.7 Å². The fourth-order valence-electron chi connectivity index (χ4n) is 3.26. The van der Waals surface area contributed by atoms with E-state index >= 15 is 0 Å². The van der Waals surface area contributed by atoms with Crippen molar-refractivity contribution < 1.29 is 14.6 Å². The summed E-state index contributed by atoms with van der Waals surface area (Å²) in [4.78, 5) is 0. The van der Waals surface area contributed by atoms with E-state index in [-0.39, 0.29) is 11.7 Å². The summed E-state index contributed by atoms with van der Waals surface area (Å²) in [6.07, 6.45) is 6.08. The topological polar surface area (TPSA) is 38.7 Å². The van der Waals surface area contributed by atoms with Gasteiger partial charge in [-0.3, -0.25) is 0 Å². The lowest BCUT2D eigenvalue weighted by Crippen LogP contribution is -2.45. The minimum Gasteiger partial charge on any atom is -0.393 e. The van der Waals surface area contributed by atoms with Gasteiger partial charge in [-0.15, -0.1) is 0 Å². The van der Waals surface area contributed by atoms with Crippen LogP contribution in [0.15, 0.2) is 0 Å². The Morgan fingerprint density at radius 1 is 1.42 bits per heavy atom. The fourth-order valence-corrected chi connectivity index (χ4v) is 4.50. The van der Waals surface area contributed by atoms with Gasteiger partial charge in [-0.25, -0.2) is 0 Å². The van der Waals surface area contributed by atoms with Crippen molar-refractivity contribution in [2.75, 3.05) is 31.3 Å². The molecular weight excluding hydrogens is 260 g/mol. The first-order valence-electron chi connectivity index (χ1n) is 7.73. The van der Waals surface area contributed by atoms with Crippen LogP contribution in [-0.4, -0.2) is 48.1 Å². The lowest BCUT2D eigenvalue weighted by molar-refractivity contribution is -0.121. The molecule has 112 valence electrons. The molecule has 1 spiro atoms. The summed E-state index contributed by atoms with van der Waals surface area (Å²) in [5.74, 6) is 2.86. The first kappa shape index (κ1) is 15.6. The normalized spacial score (nSPS) is 28.4. The zero-order chi connectivity index (χ0) is 13.6. The van der Waals surface area contributed by atoms with Crippen molar-refractivity contribution >= 4 is 11.8 Å². The highest BCUT2D eigenvalue weighted by atomic mass is 32.2. The van der Waals surface area contributed by atoms with Crippen molar-refractivity contribution in [1.82, 2.24) is 0 Å². The van der Waals surface area contributed by atoms with Crippen molar-refractivity contribution in [3.8, 4) is 0 Å². The van der Waals surface area contributed by atoms with Gasteiger partial charge in [0.05, 0.1) is 11.7 Å². The lowest BCUT2D eigenvalue weighted by atomic mass is 9.78. The number of hydrogen-bond donors (Lipinski definition) is 1. The van der Waals surface area contributed by atoms with Crippen molar-refractivity contribution in [2.45, 2.75) is 57.2 Å². The van der Waals surface area contributed by atoms with E-state index in [1.54, 1.807) is 0 Å². The van der Waals surface area contributed by atoms with Crippen molar-refractivity contribution in [3.63, 3.8) is 0 Å². The smallest absolute Gasteiger partial charge is 0.0701 e. The SMILES string of the molecule is CCOCCCC(O)C1CCOC2(CCSCC2)C1. The van der Waals surface area contributed by atoms with Gasteiger partial charge in [-0.1, -0.05) is 0 Å². The molecule has 2 saturated heterocycles. The average molecular weight is 288 g/mol. The molecule has 1 N–H and O–H groups in total. The molecule has 2 aliphatic rings. The van der Waals surface area contributed by atoms with Crippen LogP contribution in [0.5, 0.6) is 0 Å². The molecule has 0 aromatic carbocycles. The molecule has 0 amide bonds. The molecule has 2 unspecified atom stereocenters. The van der Waals surface area contributed by atoms with Crippen molar-refractivity contribution in [2.24, 2.45) is 5.92 Å². The van der Waals surface area contributed by atoms with Gasteiger partial charge >= 0.3 is 0 Å². The summed E-state index contributed by atoms with van der Waals surface area (Å²) in [6.45, 7) is 4.39. The molecule has 0 aromatic heterocycles. The Morgan fingerprint density at radius 2 is 2.21 bits per heavy atom. The predicted molar refractivity (Wildman–Crippen MR) is 79.7 cm³/mol. The number of rotatable bonds is 6. The van der Waals surface area contributed by atoms with Crippen LogP contribution in [0.4, 0.5) is 0 Å². The molecule has 0 radical (unpaired) electrons. The lowest BCUT2D eigenvalue weighted by Gasteiger charge is -2.44. The van der Waals surface area contributed by atoms with E-state index in [2.05, 4.69) is 0 Å². The molecular formula is C15H28O3S. The molecule has 0 saturated carbocycles. The number of aliphatic hydroxyl groups excluding tert-OH is 1. The van der Waals surface area contributed by atoms with Crippen molar-refractivity contribution in [1.29, 1.82) is 0 Å². The third-order valence-electron chi connectivity index (χ3n) is 4.47. The highest BCUT2D eigenvalue weighted by Crippen LogP contribution is 2.41. The molecule has 2 rings (SSSR count). The summed E-state index contributed by atoms with van der Waals surface area (Å²) in [5, 5.41) is 10.4. The van der Waals surface area contributed by atoms with Gasteiger partial charge in [-0.05, 0) is 62.9 Å². The molecule has 2 fully saturated rings. The van der Waals surface area contributed by atoms with Crippen LogP contribution in [0.2, 0.25) is 0 Å². The number of ether oxygens (including phenoxy) is 2. The second-order valence-electron chi connectivity index (χ2n) is 5.80. The fraction of sp³-hybridized carbons (Fsp3) is 1.00. The first-order valence-corrected chi connectivity index (χ1v) is 8.89. The third kappa shape index (κ3) is 4.62. The van der Waals surface area contributed by atoms with E-state index in [0.29, 0.717) is 5.92 Å². The van der Waals surface area contributed by atoms with Gasteiger partial charge in [-0.2, -0.15) is 11.8 Å². The highest BCUT2D eigenvalue weighted by molar-refractivity contribution is 7.99. The Kier molecular flexibility index (Phi) is 6.46. The average Bonchev–Trinajstić information content (AvgIpc) is 2.44. The molecule has 2 heterocycles. The Morgan fingerprint density at radius 3 is 2.95 bits per heavy atom. The summed E-state index contributed by atoms with van der Waals surface area (Å²) in [5.41, 5.74) is 0.0923. The third-order valence-corrected chi connectivity index (χ3v) is 5.46. The van der Waals surface area contributed by atoms with Crippen LogP contribution in [0.25, 0.3) is 0 Å². The van der Waals surface area contributed by atoms with Gasteiger partial charge < -0.3 is 14.6 Å². The Bertz CT molecular complexity index is 248. The molecule has 2 atom stereocenters. The minimum absolute atomic E-state index is 0.0923. The number of hydrogen-bond acceptors (Lipinski definition) is 4. The molecule has 4 heteroatoms. The van der Waals surface area contributed by atoms with E-state index in [4.69, 9.17) is 9.47 Å². The summed E-state index contributed by atoms with van der Waals surface area (Å²) >= 11 is 2.03. The number of aliphatic hydroxyl groups is 1. The van der Waals surface area contributed by atoms with Crippen LogP contribution >= 0.6 is 11.8 Å². The highest BCUT2D eigenvalue weighted by Gasteiger charge is 2.40. The van der Waals surface area contributed by atoms with Gasteiger partial charge in [0.2, 0.25) is 0 Å².